The molecule has 4 nitrogen and oxygen atoms in total. The molecule has 4 heteroatoms. The van der Waals surface area contributed by atoms with Crippen molar-refractivity contribution in [1.29, 1.82) is 0 Å². The number of carbonyl (C=O) groups is 1. The lowest BCUT2D eigenvalue weighted by Crippen LogP contribution is -2.46. The molecule has 1 rings (SSSR count). The van der Waals surface area contributed by atoms with Gasteiger partial charge in [-0.3, -0.25) is 4.79 Å². The van der Waals surface area contributed by atoms with Crippen LogP contribution in [0.15, 0.2) is 0 Å². The van der Waals surface area contributed by atoms with Gasteiger partial charge in [0.25, 0.3) is 0 Å². The normalized spacial score (nSPS) is 30.3. The van der Waals surface area contributed by atoms with Crippen molar-refractivity contribution in [2.24, 2.45) is 11.7 Å². The van der Waals surface area contributed by atoms with Crippen molar-refractivity contribution in [3.8, 4) is 0 Å². The van der Waals surface area contributed by atoms with Crippen LogP contribution in [0, 0.1) is 5.92 Å². The van der Waals surface area contributed by atoms with Crippen molar-refractivity contribution in [2.45, 2.75) is 32.9 Å². The van der Waals surface area contributed by atoms with Crippen LogP contribution < -0.4 is 11.1 Å². The molecule has 1 amide bonds. The summed E-state index contributed by atoms with van der Waals surface area (Å²) >= 11 is 0. The number of hydrogen-bond acceptors (Lipinski definition) is 3. The van der Waals surface area contributed by atoms with Gasteiger partial charge in [-0.1, -0.05) is 13.8 Å². The van der Waals surface area contributed by atoms with Crippen LogP contribution in [-0.4, -0.2) is 42.5 Å². The number of amides is 1. The Morgan fingerprint density at radius 2 is 2.29 bits per heavy atom. The first kappa shape index (κ1) is 11.5. The van der Waals surface area contributed by atoms with Crippen LogP contribution in [0.2, 0.25) is 0 Å². The van der Waals surface area contributed by atoms with Crippen LogP contribution in [0.4, 0.5) is 0 Å². The van der Waals surface area contributed by atoms with E-state index in [4.69, 9.17) is 5.73 Å². The smallest absolute Gasteiger partial charge is 0.236 e. The molecule has 0 aromatic carbocycles. The molecule has 0 saturated carbocycles. The average molecular weight is 199 g/mol. The molecule has 1 aliphatic heterocycles. The first-order valence-electron chi connectivity index (χ1n) is 5.33. The van der Waals surface area contributed by atoms with Crippen molar-refractivity contribution in [2.75, 3.05) is 19.6 Å². The molecule has 0 radical (unpaired) electrons. The summed E-state index contributed by atoms with van der Waals surface area (Å²) < 4.78 is 0. The topological polar surface area (TPSA) is 58.4 Å². The highest BCUT2D eigenvalue weighted by Gasteiger charge is 2.29. The van der Waals surface area contributed by atoms with E-state index in [0.717, 1.165) is 19.6 Å². The van der Waals surface area contributed by atoms with Gasteiger partial charge in [-0.25, -0.2) is 0 Å². The van der Waals surface area contributed by atoms with Crippen molar-refractivity contribution in [3.05, 3.63) is 0 Å². The lowest BCUT2D eigenvalue weighted by molar-refractivity contribution is -0.122. The minimum absolute atomic E-state index is 0.0418. The maximum absolute atomic E-state index is 11.4. The third kappa shape index (κ3) is 2.69. The van der Waals surface area contributed by atoms with Crippen molar-refractivity contribution in [1.82, 2.24) is 10.2 Å². The van der Waals surface area contributed by atoms with E-state index < -0.39 is 6.04 Å². The molecule has 0 aromatic heterocycles. The highest BCUT2D eigenvalue weighted by Crippen LogP contribution is 2.15. The second-order valence-electron chi connectivity index (χ2n) is 4.23. The molecular formula is C10H21N3O. The van der Waals surface area contributed by atoms with Crippen LogP contribution in [0.3, 0.4) is 0 Å². The second-order valence-corrected chi connectivity index (χ2v) is 4.23. The molecule has 0 aliphatic carbocycles. The van der Waals surface area contributed by atoms with Gasteiger partial charge in [0.2, 0.25) is 5.91 Å². The molecule has 82 valence electrons. The first-order chi connectivity index (χ1) is 6.54. The zero-order valence-corrected chi connectivity index (χ0v) is 9.29. The fourth-order valence-electron chi connectivity index (χ4n) is 1.83. The summed E-state index contributed by atoms with van der Waals surface area (Å²) in [5.74, 6) is 0.484. The molecule has 14 heavy (non-hydrogen) atoms. The first-order valence-corrected chi connectivity index (χ1v) is 5.33. The standard InChI is InChI=1S/C10H21N3O/c1-4-13-5-7(2)9(6-13)12-10(14)8(3)11/h7-9H,4-6,11H2,1-3H3,(H,12,14)/t7?,8-,9?/m1/s1. The van der Waals surface area contributed by atoms with Gasteiger partial charge >= 0.3 is 0 Å². The number of likely N-dealkylation sites (N-methyl/N-ethyl adjacent to an activating group) is 1. The summed E-state index contributed by atoms with van der Waals surface area (Å²) in [6, 6.07) is -0.133. The molecule has 3 N–H and O–H groups in total. The summed E-state index contributed by atoms with van der Waals surface area (Å²) in [5, 5.41) is 2.99. The van der Waals surface area contributed by atoms with Crippen molar-refractivity contribution < 1.29 is 4.79 Å². The van der Waals surface area contributed by atoms with Crippen LogP contribution in [0.25, 0.3) is 0 Å². The van der Waals surface area contributed by atoms with E-state index in [2.05, 4.69) is 24.1 Å². The van der Waals surface area contributed by atoms with E-state index in [0.29, 0.717) is 5.92 Å². The van der Waals surface area contributed by atoms with E-state index in [1.165, 1.54) is 0 Å². The molecule has 0 aromatic rings. The van der Waals surface area contributed by atoms with Gasteiger partial charge in [-0.15, -0.1) is 0 Å². The Bertz CT molecular complexity index is 206. The van der Waals surface area contributed by atoms with Gasteiger partial charge in [-0.2, -0.15) is 0 Å². The fourth-order valence-corrected chi connectivity index (χ4v) is 1.83. The molecular weight excluding hydrogens is 178 g/mol. The van der Waals surface area contributed by atoms with Crippen LogP contribution in [-0.2, 0) is 4.79 Å². The number of hydrogen-bond donors (Lipinski definition) is 2. The Labute approximate surface area is 85.8 Å². The molecule has 1 fully saturated rings. The molecule has 1 saturated heterocycles. The number of carbonyl (C=O) groups excluding carboxylic acids is 1. The van der Waals surface area contributed by atoms with Gasteiger partial charge in [0, 0.05) is 19.1 Å². The summed E-state index contributed by atoms with van der Waals surface area (Å²) in [6.07, 6.45) is 0. The molecule has 1 aliphatic rings. The Kier molecular flexibility index (Phi) is 3.89. The summed E-state index contributed by atoms with van der Waals surface area (Å²) in [4.78, 5) is 13.7. The third-order valence-electron chi connectivity index (χ3n) is 2.88. The number of nitrogens with two attached hydrogens (primary N) is 1. The van der Waals surface area contributed by atoms with Gasteiger partial charge in [-0.05, 0) is 19.4 Å². The minimum Gasteiger partial charge on any atom is -0.350 e. The lowest BCUT2D eigenvalue weighted by Gasteiger charge is -2.18. The Balaban J connectivity index is 2.42. The largest absolute Gasteiger partial charge is 0.350 e. The highest BCUT2D eigenvalue weighted by molar-refractivity contribution is 5.81. The number of likely N-dealkylation sites (tertiary alicyclic amines) is 1. The predicted octanol–water partition coefficient (Wildman–Crippen LogP) is -0.210. The fraction of sp³-hybridized carbons (Fsp3) is 0.900. The average Bonchev–Trinajstić information content (AvgIpc) is 2.47. The zero-order valence-electron chi connectivity index (χ0n) is 9.29. The van der Waals surface area contributed by atoms with Crippen molar-refractivity contribution >= 4 is 5.91 Å². The van der Waals surface area contributed by atoms with Crippen LogP contribution in [0.5, 0.6) is 0 Å². The van der Waals surface area contributed by atoms with E-state index >= 15 is 0 Å². The van der Waals surface area contributed by atoms with E-state index in [9.17, 15) is 4.79 Å². The van der Waals surface area contributed by atoms with Gasteiger partial charge < -0.3 is 16.0 Å². The number of rotatable bonds is 3. The van der Waals surface area contributed by atoms with E-state index in [1.807, 2.05) is 0 Å². The molecule has 0 spiro atoms. The van der Waals surface area contributed by atoms with Crippen molar-refractivity contribution in [3.63, 3.8) is 0 Å². The predicted molar refractivity (Wildman–Crippen MR) is 56.9 cm³/mol. The molecule has 0 bridgehead atoms. The van der Waals surface area contributed by atoms with Crippen LogP contribution >= 0.6 is 0 Å². The monoisotopic (exact) mass is 199 g/mol. The Morgan fingerprint density at radius 3 is 2.71 bits per heavy atom. The summed E-state index contributed by atoms with van der Waals surface area (Å²) in [6.45, 7) is 9.10. The van der Waals surface area contributed by atoms with Crippen LogP contribution in [0.1, 0.15) is 20.8 Å². The van der Waals surface area contributed by atoms with Gasteiger partial charge in [0.15, 0.2) is 0 Å². The maximum Gasteiger partial charge on any atom is 0.236 e. The summed E-state index contributed by atoms with van der Waals surface area (Å²) in [5.41, 5.74) is 5.50. The Hall–Kier alpha value is -0.610. The maximum atomic E-state index is 11.4. The summed E-state index contributed by atoms with van der Waals surface area (Å²) in [7, 11) is 0. The highest BCUT2D eigenvalue weighted by atomic mass is 16.2. The third-order valence-corrected chi connectivity index (χ3v) is 2.88. The molecule has 3 atom stereocenters. The second kappa shape index (κ2) is 4.75. The van der Waals surface area contributed by atoms with Gasteiger partial charge in [0.05, 0.1) is 6.04 Å². The van der Waals surface area contributed by atoms with E-state index in [-0.39, 0.29) is 11.9 Å². The zero-order chi connectivity index (χ0) is 10.7. The SMILES string of the molecule is CCN1CC(C)C(NC(=O)[C@@H](C)N)C1. The molecule has 2 unspecified atom stereocenters. The van der Waals surface area contributed by atoms with Gasteiger partial charge in [0.1, 0.15) is 0 Å². The van der Waals surface area contributed by atoms with E-state index in [1.54, 1.807) is 6.92 Å². The number of nitrogens with one attached hydrogen (secondary N) is 1. The molecule has 1 heterocycles. The Morgan fingerprint density at radius 1 is 1.64 bits per heavy atom. The number of nitrogens with zero attached hydrogens (tertiary/aromatic N) is 1. The minimum atomic E-state index is -0.405. The lowest BCUT2D eigenvalue weighted by atomic mass is 10.1. The quantitative estimate of drug-likeness (QED) is 0.661.